The van der Waals surface area contributed by atoms with Gasteiger partial charge in [-0.3, -0.25) is 4.90 Å². The lowest BCUT2D eigenvalue weighted by atomic mass is 10.1. The molecule has 1 N–H and O–H groups in total. The Hall–Kier alpha value is -0.845. The molecule has 0 fully saturated rings. The highest BCUT2D eigenvalue weighted by atomic mass is 19.5. The molecule has 0 saturated carbocycles. The summed E-state index contributed by atoms with van der Waals surface area (Å²) in [4.78, 5) is 5.49. The molecule has 0 amide bonds. The zero-order valence-corrected chi connectivity index (χ0v) is 13.5. The van der Waals surface area contributed by atoms with Crippen LogP contribution in [0.4, 0.5) is 17.3 Å². The Kier molecular flexibility index (Phi) is 13.3. The van der Waals surface area contributed by atoms with Crippen molar-refractivity contribution in [2.24, 2.45) is 4.99 Å². The smallest absolute Gasteiger partial charge is 0.418 e. The Labute approximate surface area is 131 Å². The van der Waals surface area contributed by atoms with E-state index in [9.17, 15) is 17.3 Å². The average molecular weight is 324 g/mol. The van der Waals surface area contributed by atoms with Crippen LogP contribution in [0.3, 0.4) is 0 Å². The van der Waals surface area contributed by atoms with Crippen LogP contribution in [-0.2, 0) is 0 Å². The molecular weight excluding hydrogens is 295 g/mol. The van der Waals surface area contributed by atoms with Crippen molar-refractivity contribution in [1.82, 2.24) is 0 Å². The fourth-order valence-corrected chi connectivity index (χ4v) is 2.29. The molecule has 0 aromatic heterocycles. The summed E-state index contributed by atoms with van der Waals surface area (Å²) in [7, 11) is -6.00. The largest absolute Gasteiger partial charge is 0.673 e. The zero-order valence-electron chi connectivity index (χ0n) is 13.5. The fourth-order valence-electron chi connectivity index (χ4n) is 2.29. The van der Waals surface area contributed by atoms with Gasteiger partial charge in [-0.2, -0.15) is 0 Å². The first-order valence-corrected chi connectivity index (χ1v) is 8.36. The lowest BCUT2D eigenvalue weighted by molar-refractivity contribution is -0.736. The number of aliphatic imine (C=N–C) groups is 1. The number of unbranched alkanes of at least 4 members (excludes halogenated alkanes) is 9. The van der Waals surface area contributed by atoms with E-state index in [4.69, 9.17) is 0 Å². The van der Waals surface area contributed by atoms with Crippen LogP contribution in [0.5, 0.6) is 0 Å². The lowest BCUT2D eigenvalue weighted by Gasteiger charge is -2.05. The number of rotatable bonds is 11. The molecule has 0 saturated heterocycles. The van der Waals surface area contributed by atoms with Crippen LogP contribution in [0.2, 0.25) is 0 Å². The fraction of sp³-hybridized carbons (Fsp3) is 0.800. The first kappa shape index (κ1) is 21.2. The van der Waals surface area contributed by atoms with Gasteiger partial charge in [-0.1, -0.05) is 58.3 Å². The quantitative estimate of drug-likeness (QED) is 0.325. The summed E-state index contributed by atoms with van der Waals surface area (Å²) in [6.45, 7) is 3.50. The van der Waals surface area contributed by atoms with E-state index in [1.165, 1.54) is 75.7 Å². The summed E-state index contributed by atoms with van der Waals surface area (Å²) in [5.74, 6) is 0. The second-order valence-electron chi connectivity index (χ2n) is 5.60. The second-order valence-corrected chi connectivity index (χ2v) is 5.60. The highest BCUT2D eigenvalue weighted by Gasteiger charge is 2.20. The first-order chi connectivity index (χ1) is 10.4. The SMILES string of the molecule is CCCCCCCCCCCC[NH+]1C=CN=C1.F[B-](F)(F)F. The van der Waals surface area contributed by atoms with Gasteiger partial charge in [-0.15, -0.1) is 0 Å². The Morgan fingerprint density at radius 3 is 1.68 bits per heavy atom. The number of hydrogen-bond donors (Lipinski definition) is 1. The first-order valence-electron chi connectivity index (χ1n) is 8.36. The Balaban J connectivity index is 0.000000763. The molecule has 1 aliphatic rings. The molecule has 7 heteroatoms. The van der Waals surface area contributed by atoms with Crippen molar-refractivity contribution in [3.8, 4) is 0 Å². The van der Waals surface area contributed by atoms with Crippen LogP contribution in [0, 0.1) is 0 Å². The van der Waals surface area contributed by atoms with Gasteiger partial charge in [0.25, 0.3) is 0 Å². The molecule has 22 heavy (non-hydrogen) atoms. The highest BCUT2D eigenvalue weighted by Crippen LogP contribution is 2.10. The second kappa shape index (κ2) is 13.8. The van der Waals surface area contributed by atoms with Gasteiger partial charge < -0.3 is 17.3 Å². The number of nitrogens with one attached hydrogen (secondary N) is 1. The van der Waals surface area contributed by atoms with Crippen LogP contribution in [0.25, 0.3) is 0 Å². The van der Waals surface area contributed by atoms with Crippen molar-refractivity contribution < 1.29 is 22.2 Å². The van der Waals surface area contributed by atoms with E-state index < -0.39 is 7.25 Å². The molecule has 1 rings (SSSR count). The van der Waals surface area contributed by atoms with Crippen molar-refractivity contribution in [2.75, 3.05) is 6.54 Å². The van der Waals surface area contributed by atoms with Crippen LogP contribution in [-0.4, -0.2) is 20.1 Å². The zero-order chi connectivity index (χ0) is 16.7. The normalized spacial score (nSPS) is 16.7. The van der Waals surface area contributed by atoms with Gasteiger partial charge in [0, 0.05) is 0 Å². The highest BCUT2D eigenvalue weighted by molar-refractivity contribution is 6.50. The third kappa shape index (κ3) is 19.2. The molecule has 0 aliphatic carbocycles. The molecule has 1 atom stereocenters. The van der Waals surface area contributed by atoms with Gasteiger partial charge in [0.15, 0.2) is 6.34 Å². The van der Waals surface area contributed by atoms with Crippen molar-refractivity contribution in [3.63, 3.8) is 0 Å². The van der Waals surface area contributed by atoms with Gasteiger partial charge in [0.1, 0.15) is 6.20 Å². The average Bonchev–Trinajstić information content (AvgIpc) is 2.92. The van der Waals surface area contributed by atoms with Crippen LogP contribution >= 0.6 is 0 Å². The topological polar surface area (TPSA) is 16.8 Å². The maximum atomic E-state index is 9.75. The summed E-state index contributed by atoms with van der Waals surface area (Å²) in [5, 5.41) is 0. The molecule has 2 nitrogen and oxygen atoms in total. The van der Waals surface area contributed by atoms with Gasteiger partial charge in [0.05, 0.1) is 12.7 Å². The molecular formula is C15H29BF4N2. The van der Waals surface area contributed by atoms with Gasteiger partial charge in [0.2, 0.25) is 0 Å². The summed E-state index contributed by atoms with van der Waals surface area (Å²) in [5.41, 5.74) is 0. The third-order valence-corrected chi connectivity index (χ3v) is 3.43. The van der Waals surface area contributed by atoms with E-state index >= 15 is 0 Å². The maximum absolute atomic E-state index is 9.75. The van der Waals surface area contributed by atoms with E-state index in [1.54, 1.807) is 0 Å². The van der Waals surface area contributed by atoms with Gasteiger partial charge >= 0.3 is 7.25 Å². The molecule has 1 unspecified atom stereocenters. The molecule has 0 aromatic rings. The number of hydrogen-bond acceptors (Lipinski definition) is 1. The van der Waals surface area contributed by atoms with Crippen molar-refractivity contribution in [1.29, 1.82) is 0 Å². The maximum Gasteiger partial charge on any atom is 0.673 e. The standard InChI is InChI=1S/C15H28N2.BF4/c1-2-3-4-5-6-7-8-9-10-11-13-17-14-12-16-15-17;2-1(3,4)5/h12,14-15H,2-11,13H2,1H3;/q;-1/p+1. The summed E-state index contributed by atoms with van der Waals surface area (Å²) >= 11 is 0. The van der Waals surface area contributed by atoms with E-state index in [0.29, 0.717) is 0 Å². The van der Waals surface area contributed by atoms with Crippen molar-refractivity contribution in [3.05, 3.63) is 12.4 Å². The molecule has 0 aromatic carbocycles. The monoisotopic (exact) mass is 324 g/mol. The minimum atomic E-state index is -6.00. The summed E-state index contributed by atoms with van der Waals surface area (Å²) in [6.07, 6.45) is 20.2. The number of nitrogens with zero attached hydrogens (tertiary/aromatic N) is 1. The van der Waals surface area contributed by atoms with Crippen LogP contribution in [0.15, 0.2) is 17.4 Å². The molecule has 0 bridgehead atoms. The van der Waals surface area contributed by atoms with E-state index in [0.717, 1.165) is 0 Å². The molecule has 0 radical (unpaired) electrons. The van der Waals surface area contributed by atoms with Gasteiger partial charge in [-0.25, -0.2) is 4.99 Å². The minimum Gasteiger partial charge on any atom is -0.418 e. The number of halogens is 4. The molecule has 1 aliphatic heterocycles. The van der Waals surface area contributed by atoms with E-state index in [2.05, 4.69) is 18.1 Å². The summed E-state index contributed by atoms with van der Waals surface area (Å²) < 4.78 is 39.0. The summed E-state index contributed by atoms with van der Waals surface area (Å²) in [6, 6.07) is 0. The van der Waals surface area contributed by atoms with Gasteiger partial charge in [-0.05, 0) is 12.8 Å². The third-order valence-electron chi connectivity index (χ3n) is 3.43. The van der Waals surface area contributed by atoms with Crippen LogP contribution in [0.1, 0.15) is 71.1 Å². The molecule has 0 spiro atoms. The predicted octanol–water partition coefficient (Wildman–Crippen LogP) is 4.61. The Bertz CT molecular complexity index is 288. The van der Waals surface area contributed by atoms with Crippen molar-refractivity contribution >= 4 is 13.6 Å². The van der Waals surface area contributed by atoms with Crippen LogP contribution < -0.4 is 4.90 Å². The Morgan fingerprint density at radius 2 is 1.27 bits per heavy atom. The molecule has 1 heterocycles. The molecule has 130 valence electrons. The van der Waals surface area contributed by atoms with Crippen molar-refractivity contribution in [2.45, 2.75) is 71.1 Å². The van der Waals surface area contributed by atoms with E-state index in [1.807, 2.05) is 12.5 Å². The lowest BCUT2D eigenvalue weighted by Crippen LogP contribution is -3.05. The van der Waals surface area contributed by atoms with E-state index in [-0.39, 0.29) is 0 Å². The predicted molar refractivity (Wildman–Crippen MR) is 85.5 cm³/mol. The number of quaternary nitrogens is 1. The Morgan fingerprint density at radius 1 is 0.818 bits per heavy atom. The minimum absolute atomic E-state index is 1.22.